The van der Waals surface area contributed by atoms with Crippen molar-refractivity contribution in [2.24, 2.45) is 7.05 Å². The zero-order valence-electron chi connectivity index (χ0n) is 9.95. The van der Waals surface area contributed by atoms with E-state index in [9.17, 15) is 0 Å². The maximum atomic E-state index is 4.73. The van der Waals surface area contributed by atoms with Gasteiger partial charge in [-0.05, 0) is 32.2 Å². The summed E-state index contributed by atoms with van der Waals surface area (Å²) in [5, 5.41) is 8.13. The highest BCUT2D eigenvalue weighted by molar-refractivity contribution is 5.08. The lowest BCUT2D eigenvalue weighted by Gasteiger charge is -2.13. The van der Waals surface area contributed by atoms with Gasteiger partial charge in [0.1, 0.15) is 5.82 Å². The highest BCUT2D eigenvalue weighted by Crippen LogP contribution is 2.38. The molecule has 2 heterocycles. The first-order valence-corrected chi connectivity index (χ1v) is 6.49. The molecular weight excluding hydrogens is 200 g/mol. The van der Waals surface area contributed by atoms with Gasteiger partial charge in [-0.3, -0.25) is 4.68 Å². The minimum absolute atomic E-state index is 0.424. The molecule has 1 aromatic rings. The molecule has 4 nitrogen and oxygen atoms in total. The third-order valence-electron chi connectivity index (χ3n) is 3.63. The molecule has 16 heavy (non-hydrogen) atoms. The second-order valence-electron chi connectivity index (χ2n) is 5.08. The zero-order valence-corrected chi connectivity index (χ0v) is 9.95. The van der Waals surface area contributed by atoms with Gasteiger partial charge in [0.15, 0.2) is 5.82 Å². The standard InChI is InChI=1S/C12H20N4/c1-16-12(10-5-3-2-4-8-13-10)14-11(15-16)9-6-7-9/h9-10,13H,2-8H2,1H3. The highest BCUT2D eigenvalue weighted by Gasteiger charge is 2.30. The molecule has 0 spiro atoms. The smallest absolute Gasteiger partial charge is 0.154 e. The van der Waals surface area contributed by atoms with Crippen LogP contribution in [-0.2, 0) is 7.05 Å². The summed E-state index contributed by atoms with van der Waals surface area (Å²) in [7, 11) is 2.03. The average Bonchev–Trinajstić information content (AvgIpc) is 3.08. The maximum absolute atomic E-state index is 4.73. The summed E-state index contributed by atoms with van der Waals surface area (Å²) in [5.74, 6) is 2.87. The van der Waals surface area contributed by atoms with E-state index in [-0.39, 0.29) is 0 Å². The van der Waals surface area contributed by atoms with Gasteiger partial charge in [-0.1, -0.05) is 12.8 Å². The molecular formula is C12H20N4. The Morgan fingerprint density at radius 2 is 2.06 bits per heavy atom. The van der Waals surface area contributed by atoms with Gasteiger partial charge in [0, 0.05) is 13.0 Å². The van der Waals surface area contributed by atoms with Crippen molar-refractivity contribution >= 4 is 0 Å². The summed E-state index contributed by atoms with van der Waals surface area (Å²) < 4.78 is 1.98. The summed E-state index contributed by atoms with van der Waals surface area (Å²) in [6.07, 6.45) is 7.71. The zero-order chi connectivity index (χ0) is 11.0. The minimum Gasteiger partial charge on any atom is -0.307 e. The SMILES string of the molecule is Cn1nc(C2CC2)nc1C1CCCCCN1. The van der Waals surface area contributed by atoms with E-state index >= 15 is 0 Å². The Bertz CT molecular complexity index is 359. The van der Waals surface area contributed by atoms with E-state index in [1.807, 2.05) is 11.7 Å². The molecule has 0 radical (unpaired) electrons. The first kappa shape index (κ1) is 10.3. The summed E-state index contributed by atoms with van der Waals surface area (Å²) in [4.78, 5) is 4.73. The largest absolute Gasteiger partial charge is 0.307 e. The van der Waals surface area contributed by atoms with E-state index in [2.05, 4.69) is 10.4 Å². The number of nitrogens with one attached hydrogen (secondary N) is 1. The molecule has 0 bridgehead atoms. The second kappa shape index (κ2) is 4.17. The molecule has 3 rings (SSSR count). The average molecular weight is 220 g/mol. The predicted molar refractivity (Wildman–Crippen MR) is 62.2 cm³/mol. The monoisotopic (exact) mass is 220 g/mol. The topological polar surface area (TPSA) is 42.7 Å². The Labute approximate surface area is 96.4 Å². The summed E-state index contributed by atoms with van der Waals surface area (Å²) in [5.41, 5.74) is 0. The summed E-state index contributed by atoms with van der Waals surface area (Å²) in [6.45, 7) is 1.12. The van der Waals surface area contributed by atoms with Crippen LogP contribution in [0.3, 0.4) is 0 Å². The third-order valence-corrected chi connectivity index (χ3v) is 3.63. The first-order valence-electron chi connectivity index (χ1n) is 6.49. The van der Waals surface area contributed by atoms with Crippen LogP contribution in [-0.4, -0.2) is 21.3 Å². The van der Waals surface area contributed by atoms with Crippen LogP contribution in [0.15, 0.2) is 0 Å². The predicted octanol–water partition coefficient (Wildman–Crippen LogP) is 1.90. The van der Waals surface area contributed by atoms with Crippen molar-refractivity contribution in [1.29, 1.82) is 0 Å². The van der Waals surface area contributed by atoms with E-state index < -0.39 is 0 Å². The van der Waals surface area contributed by atoms with Gasteiger partial charge < -0.3 is 5.32 Å². The molecule has 2 aliphatic rings. The van der Waals surface area contributed by atoms with Gasteiger partial charge in [0.25, 0.3) is 0 Å². The number of aryl methyl sites for hydroxylation is 1. The van der Waals surface area contributed by atoms with Crippen LogP contribution < -0.4 is 5.32 Å². The van der Waals surface area contributed by atoms with Gasteiger partial charge in [0.05, 0.1) is 6.04 Å². The van der Waals surface area contributed by atoms with Crippen LogP contribution in [0.5, 0.6) is 0 Å². The Kier molecular flexibility index (Phi) is 2.67. The van der Waals surface area contributed by atoms with Gasteiger partial charge >= 0.3 is 0 Å². The van der Waals surface area contributed by atoms with Crippen LogP contribution in [0.25, 0.3) is 0 Å². The van der Waals surface area contributed by atoms with Crippen LogP contribution >= 0.6 is 0 Å². The minimum atomic E-state index is 0.424. The molecule has 1 aromatic heterocycles. The maximum Gasteiger partial charge on any atom is 0.154 e. The number of aromatic nitrogens is 3. The van der Waals surface area contributed by atoms with Gasteiger partial charge in [-0.2, -0.15) is 5.10 Å². The van der Waals surface area contributed by atoms with E-state index in [0.717, 1.165) is 18.2 Å². The van der Waals surface area contributed by atoms with Crippen LogP contribution in [0, 0.1) is 0 Å². The number of nitrogens with zero attached hydrogens (tertiary/aromatic N) is 3. The number of hydrogen-bond donors (Lipinski definition) is 1. The van der Waals surface area contributed by atoms with Crippen molar-refractivity contribution in [1.82, 2.24) is 20.1 Å². The van der Waals surface area contributed by atoms with Crippen molar-refractivity contribution < 1.29 is 0 Å². The van der Waals surface area contributed by atoms with Crippen LogP contribution in [0.1, 0.15) is 62.1 Å². The van der Waals surface area contributed by atoms with Crippen molar-refractivity contribution in [3.8, 4) is 0 Å². The fourth-order valence-electron chi connectivity index (χ4n) is 2.48. The van der Waals surface area contributed by atoms with Crippen LogP contribution in [0.4, 0.5) is 0 Å². The molecule has 1 saturated heterocycles. The lowest BCUT2D eigenvalue weighted by Crippen LogP contribution is -2.23. The summed E-state index contributed by atoms with van der Waals surface area (Å²) in [6, 6.07) is 0.424. The molecule has 2 fully saturated rings. The van der Waals surface area contributed by atoms with Crippen molar-refractivity contribution in [3.05, 3.63) is 11.6 Å². The van der Waals surface area contributed by atoms with Gasteiger partial charge in [0.2, 0.25) is 0 Å². The Morgan fingerprint density at radius 3 is 2.88 bits per heavy atom. The van der Waals surface area contributed by atoms with Gasteiger partial charge in [-0.25, -0.2) is 4.98 Å². The number of rotatable bonds is 2. The molecule has 1 N–H and O–H groups in total. The molecule has 1 unspecified atom stereocenters. The lowest BCUT2D eigenvalue weighted by molar-refractivity contribution is 0.483. The van der Waals surface area contributed by atoms with Crippen molar-refractivity contribution in [2.75, 3.05) is 6.54 Å². The molecule has 1 atom stereocenters. The van der Waals surface area contributed by atoms with Crippen LogP contribution in [0.2, 0.25) is 0 Å². The second-order valence-corrected chi connectivity index (χ2v) is 5.08. The molecule has 0 amide bonds. The molecule has 4 heteroatoms. The normalized spacial score (nSPS) is 26.7. The lowest BCUT2D eigenvalue weighted by atomic mass is 10.1. The molecule has 1 aliphatic heterocycles. The first-order chi connectivity index (χ1) is 7.84. The Balaban J connectivity index is 1.80. The molecule has 1 aliphatic carbocycles. The summed E-state index contributed by atoms with van der Waals surface area (Å²) >= 11 is 0. The number of hydrogen-bond acceptors (Lipinski definition) is 3. The molecule has 0 aromatic carbocycles. The Hall–Kier alpha value is -0.900. The van der Waals surface area contributed by atoms with E-state index in [1.54, 1.807) is 0 Å². The van der Waals surface area contributed by atoms with E-state index in [4.69, 9.17) is 4.98 Å². The van der Waals surface area contributed by atoms with E-state index in [0.29, 0.717) is 12.0 Å². The van der Waals surface area contributed by atoms with Crippen molar-refractivity contribution in [3.63, 3.8) is 0 Å². The van der Waals surface area contributed by atoms with Gasteiger partial charge in [-0.15, -0.1) is 0 Å². The van der Waals surface area contributed by atoms with Crippen molar-refractivity contribution in [2.45, 2.75) is 50.5 Å². The van der Waals surface area contributed by atoms with E-state index in [1.165, 1.54) is 38.5 Å². The quantitative estimate of drug-likeness (QED) is 0.827. The Morgan fingerprint density at radius 1 is 1.19 bits per heavy atom. The highest BCUT2D eigenvalue weighted by atomic mass is 15.3. The third kappa shape index (κ3) is 1.98. The fourth-order valence-corrected chi connectivity index (χ4v) is 2.48. The molecule has 88 valence electrons. The molecule has 1 saturated carbocycles. The fraction of sp³-hybridized carbons (Fsp3) is 0.833.